The van der Waals surface area contributed by atoms with Gasteiger partial charge in [-0.25, -0.2) is 9.59 Å². The Morgan fingerprint density at radius 3 is 2.31 bits per heavy atom. The standard InChI is InChI=1S/C8H16N2O3/c1-4-5-6(7(11)12)9-8(13)10(2)3/h6H,4-5H2,1-3H3,(H,9,13)(H,11,12)/t6-/m1/s1. The van der Waals surface area contributed by atoms with Gasteiger partial charge in [0.05, 0.1) is 0 Å². The van der Waals surface area contributed by atoms with Crippen LogP contribution >= 0.6 is 0 Å². The second-order valence-corrected chi connectivity index (χ2v) is 3.02. The summed E-state index contributed by atoms with van der Waals surface area (Å²) in [5, 5.41) is 11.1. The van der Waals surface area contributed by atoms with Gasteiger partial charge >= 0.3 is 12.0 Å². The zero-order valence-corrected chi connectivity index (χ0v) is 8.20. The minimum absolute atomic E-state index is 0.374. The van der Waals surface area contributed by atoms with Crippen molar-refractivity contribution >= 4 is 12.0 Å². The third-order valence-corrected chi connectivity index (χ3v) is 1.58. The van der Waals surface area contributed by atoms with Gasteiger partial charge in [-0.3, -0.25) is 0 Å². The first kappa shape index (κ1) is 11.7. The highest BCUT2D eigenvalue weighted by Gasteiger charge is 2.19. The van der Waals surface area contributed by atoms with E-state index in [1.165, 1.54) is 4.90 Å². The largest absolute Gasteiger partial charge is 0.480 e. The van der Waals surface area contributed by atoms with Crippen LogP contribution in [-0.4, -0.2) is 42.1 Å². The Labute approximate surface area is 77.7 Å². The van der Waals surface area contributed by atoms with Crippen molar-refractivity contribution in [3.63, 3.8) is 0 Å². The summed E-state index contributed by atoms with van der Waals surface area (Å²) in [5.74, 6) is -0.989. The van der Waals surface area contributed by atoms with Crippen LogP contribution in [0.15, 0.2) is 0 Å². The summed E-state index contributed by atoms with van der Waals surface area (Å²) in [6.07, 6.45) is 1.18. The maximum atomic E-state index is 11.1. The van der Waals surface area contributed by atoms with Crippen molar-refractivity contribution in [2.75, 3.05) is 14.1 Å². The molecule has 0 spiro atoms. The van der Waals surface area contributed by atoms with Gasteiger partial charge in [0.15, 0.2) is 0 Å². The van der Waals surface area contributed by atoms with Gasteiger partial charge < -0.3 is 15.3 Å². The molecule has 0 aliphatic carbocycles. The number of carbonyl (C=O) groups is 2. The Morgan fingerprint density at radius 1 is 1.46 bits per heavy atom. The highest BCUT2D eigenvalue weighted by Crippen LogP contribution is 1.97. The lowest BCUT2D eigenvalue weighted by Crippen LogP contribution is -2.45. The lowest BCUT2D eigenvalue weighted by molar-refractivity contribution is -0.139. The highest BCUT2D eigenvalue weighted by atomic mass is 16.4. The number of carbonyl (C=O) groups excluding carboxylic acids is 1. The Bertz CT molecular complexity index is 192. The van der Waals surface area contributed by atoms with E-state index in [1.54, 1.807) is 14.1 Å². The van der Waals surface area contributed by atoms with Crippen molar-refractivity contribution in [3.05, 3.63) is 0 Å². The summed E-state index contributed by atoms with van der Waals surface area (Å²) < 4.78 is 0. The summed E-state index contributed by atoms with van der Waals surface area (Å²) in [6, 6.07) is -1.15. The number of urea groups is 1. The zero-order chi connectivity index (χ0) is 10.4. The molecule has 1 atom stereocenters. The number of hydrogen-bond acceptors (Lipinski definition) is 2. The molecule has 0 aromatic rings. The number of carboxylic acids is 1. The summed E-state index contributed by atoms with van der Waals surface area (Å²) in [4.78, 5) is 23.0. The quantitative estimate of drug-likeness (QED) is 0.675. The third-order valence-electron chi connectivity index (χ3n) is 1.58. The van der Waals surface area contributed by atoms with E-state index in [2.05, 4.69) is 5.32 Å². The van der Waals surface area contributed by atoms with Crippen LogP contribution in [0.5, 0.6) is 0 Å². The van der Waals surface area contributed by atoms with Crippen LogP contribution in [0, 0.1) is 0 Å². The lowest BCUT2D eigenvalue weighted by Gasteiger charge is -2.17. The van der Waals surface area contributed by atoms with E-state index < -0.39 is 12.0 Å². The van der Waals surface area contributed by atoms with Gasteiger partial charge in [0, 0.05) is 14.1 Å². The Hall–Kier alpha value is -1.26. The first-order valence-electron chi connectivity index (χ1n) is 4.19. The number of nitrogens with zero attached hydrogens (tertiary/aromatic N) is 1. The van der Waals surface area contributed by atoms with Crippen molar-refractivity contribution < 1.29 is 14.7 Å². The summed E-state index contributed by atoms with van der Waals surface area (Å²) in [6.45, 7) is 1.87. The average Bonchev–Trinajstić information content (AvgIpc) is 2.03. The van der Waals surface area contributed by atoms with Crippen LogP contribution in [0.1, 0.15) is 19.8 Å². The number of carboxylic acid groups (broad SMARTS) is 1. The van der Waals surface area contributed by atoms with Gasteiger partial charge in [0.1, 0.15) is 6.04 Å². The smallest absolute Gasteiger partial charge is 0.326 e. The van der Waals surface area contributed by atoms with Gasteiger partial charge in [-0.05, 0) is 6.42 Å². The Balaban J connectivity index is 4.10. The number of hydrogen-bond donors (Lipinski definition) is 2. The topological polar surface area (TPSA) is 69.6 Å². The lowest BCUT2D eigenvalue weighted by atomic mass is 10.2. The number of rotatable bonds is 4. The predicted octanol–water partition coefficient (Wildman–Crippen LogP) is 0.511. The summed E-state index contributed by atoms with van der Waals surface area (Å²) in [5.41, 5.74) is 0. The molecule has 0 unspecified atom stereocenters. The molecule has 5 heteroatoms. The second kappa shape index (κ2) is 5.40. The zero-order valence-electron chi connectivity index (χ0n) is 8.20. The van der Waals surface area contributed by atoms with E-state index in [0.717, 1.165) is 6.42 Å². The first-order valence-corrected chi connectivity index (χ1v) is 4.19. The molecule has 0 bridgehead atoms. The molecule has 0 saturated carbocycles. The van der Waals surface area contributed by atoms with Crippen LogP contribution in [0.25, 0.3) is 0 Å². The molecule has 0 saturated heterocycles. The maximum Gasteiger partial charge on any atom is 0.326 e. The second-order valence-electron chi connectivity index (χ2n) is 3.02. The van der Waals surface area contributed by atoms with E-state index in [9.17, 15) is 9.59 Å². The van der Waals surface area contributed by atoms with Gasteiger partial charge in [0.2, 0.25) is 0 Å². The first-order chi connectivity index (χ1) is 5.99. The molecule has 0 rings (SSSR count). The molecule has 0 fully saturated rings. The fourth-order valence-corrected chi connectivity index (χ4v) is 0.824. The van der Waals surface area contributed by atoms with Crippen LogP contribution in [-0.2, 0) is 4.79 Å². The third kappa shape index (κ3) is 4.35. The van der Waals surface area contributed by atoms with E-state index >= 15 is 0 Å². The molecule has 5 nitrogen and oxygen atoms in total. The van der Waals surface area contributed by atoms with Gasteiger partial charge in [0.25, 0.3) is 0 Å². The highest BCUT2D eigenvalue weighted by molar-refractivity contribution is 5.82. The molecule has 0 radical (unpaired) electrons. The van der Waals surface area contributed by atoms with Crippen LogP contribution in [0.3, 0.4) is 0 Å². The minimum Gasteiger partial charge on any atom is -0.480 e. The summed E-state index contributed by atoms with van der Waals surface area (Å²) in [7, 11) is 3.14. The van der Waals surface area contributed by atoms with E-state index in [0.29, 0.717) is 6.42 Å². The van der Waals surface area contributed by atoms with E-state index in [4.69, 9.17) is 5.11 Å². The number of amides is 2. The molecule has 2 amide bonds. The fraction of sp³-hybridized carbons (Fsp3) is 0.750. The molecular weight excluding hydrogens is 172 g/mol. The maximum absolute atomic E-state index is 11.1. The average molecular weight is 188 g/mol. The van der Waals surface area contributed by atoms with Crippen molar-refractivity contribution in [1.29, 1.82) is 0 Å². The van der Waals surface area contributed by atoms with Gasteiger partial charge in [-0.15, -0.1) is 0 Å². The number of nitrogens with one attached hydrogen (secondary N) is 1. The molecule has 76 valence electrons. The molecule has 0 aliphatic heterocycles. The normalized spacial score (nSPS) is 11.9. The van der Waals surface area contributed by atoms with E-state index in [1.807, 2.05) is 6.92 Å². The predicted molar refractivity (Wildman–Crippen MR) is 48.6 cm³/mol. The number of aliphatic carboxylic acids is 1. The molecule has 2 N–H and O–H groups in total. The molecule has 0 aliphatic rings. The summed E-state index contributed by atoms with van der Waals surface area (Å²) >= 11 is 0. The van der Waals surface area contributed by atoms with Crippen molar-refractivity contribution in [3.8, 4) is 0 Å². The van der Waals surface area contributed by atoms with Crippen LogP contribution in [0.4, 0.5) is 4.79 Å². The molecule has 0 heterocycles. The fourth-order valence-electron chi connectivity index (χ4n) is 0.824. The monoisotopic (exact) mass is 188 g/mol. The molecular formula is C8H16N2O3. The Morgan fingerprint density at radius 2 is 2.00 bits per heavy atom. The van der Waals surface area contributed by atoms with Gasteiger partial charge in [-0.1, -0.05) is 13.3 Å². The SMILES string of the molecule is CCC[C@@H](NC(=O)N(C)C)C(=O)O. The van der Waals surface area contributed by atoms with Crippen molar-refractivity contribution in [2.24, 2.45) is 0 Å². The van der Waals surface area contributed by atoms with Crippen molar-refractivity contribution in [1.82, 2.24) is 10.2 Å². The van der Waals surface area contributed by atoms with Crippen molar-refractivity contribution in [2.45, 2.75) is 25.8 Å². The van der Waals surface area contributed by atoms with E-state index in [-0.39, 0.29) is 6.03 Å². The molecule has 13 heavy (non-hydrogen) atoms. The van der Waals surface area contributed by atoms with Crippen LogP contribution < -0.4 is 5.32 Å². The van der Waals surface area contributed by atoms with Crippen LogP contribution in [0.2, 0.25) is 0 Å². The Kier molecular flexibility index (Phi) is 4.87. The van der Waals surface area contributed by atoms with Gasteiger partial charge in [-0.2, -0.15) is 0 Å². The molecule has 0 aromatic carbocycles. The molecule has 0 aromatic heterocycles. The minimum atomic E-state index is -0.989.